The van der Waals surface area contributed by atoms with E-state index < -0.39 is 11.0 Å². The minimum atomic E-state index is -0.601. The van der Waals surface area contributed by atoms with Crippen LogP contribution in [-0.4, -0.2) is 33.4 Å². The van der Waals surface area contributed by atoms with Crippen LogP contribution < -0.4 is 16.5 Å². The van der Waals surface area contributed by atoms with Crippen LogP contribution in [0, 0.1) is 10.1 Å². The SMILES string of the molecule is CNC(=O)N/N=C(\N)c1ncc([N+](=O)[O-])n1C. The van der Waals surface area contributed by atoms with Crippen molar-refractivity contribution in [2.45, 2.75) is 0 Å². The van der Waals surface area contributed by atoms with Crippen LogP contribution in [0.3, 0.4) is 0 Å². The Labute approximate surface area is 95.6 Å². The van der Waals surface area contributed by atoms with Crippen LogP contribution in [0.15, 0.2) is 11.3 Å². The van der Waals surface area contributed by atoms with Crippen molar-refractivity contribution < 1.29 is 9.72 Å². The molecule has 0 fully saturated rings. The van der Waals surface area contributed by atoms with Gasteiger partial charge in [0.05, 0.1) is 7.05 Å². The topological polar surface area (TPSA) is 140 Å². The van der Waals surface area contributed by atoms with Crippen LogP contribution in [0.25, 0.3) is 0 Å². The van der Waals surface area contributed by atoms with E-state index in [-0.39, 0.29) is 17.5 Å². The zero-order valence-electron chi connectivity index (χ0n) is 9.17. The second-order valence-corrected chi connectivity index (χ2v) is 2.94. The lowest BCUT2D eigenvalue weighted by atomic mass is 10.5. The molecule has 0 bridgehead atoms. The van der Waals surface area contributed by atoms with E-state index in [1.807, 2.05) is 0 Å². The summed E-state index contributed by atoms with van der Waals surface area (Å²) in [6, 6.07) is -0.559. The summed E-state index contributed by atoms with van der Waals surface area (Å²) in [5, 5.41) is 16.3. The monoisotopic (exact) mass is 241 g/mol. The first-order valence-electron chi connectivity index (χ1n) is 4.44. The maximum absolute atomic E-state index is 10.8. The van der Waals surface area contributed by atoms with Crippen LogP contribution in [0.1, 0.15) is 5.82 Å². The number of carbonyl (C=O) groups is 1. The van der Waals surface area contributed by atoms with Crippen molar-refractivity contribution in [1.82, 2.24) is 20.3 Å². The Bertz CT molecular complexity index is 478. The molecule has 10 heteroatoms. The van der Waals surface area contributed by atoms with Gasteiger partial charge < -0.3 is 21.2 Å². The fourth-order valence-corrected chi connectivity index (χ4v) is 1.03. The first kappa shape index (κ1) is 12.4. The molecule has 1 aromatic rings. The highest BCUT2D eigenvalue weighted by Gasteiger charge is 2.19. The number of carbonyl (C=O) groups excluding carboxylic acids is 1. The fraction of sp³-hybridized carbons (Fsp3) is 0.286. The molecule has 17 heavy (non-hydrogen) atoms. The van der Waals surface area contributed by atoms with Crippen molar-refractivity contribution in [2.24, 2.45) is 17.9 Å². The molecule has 10 nitrogen and oxygen atoms in total. The first-order chi connectivity index (χ1) is 7.97. The highest BCUT2D eigenvalue weighted by Crippen LogP contribution is 2.10. The van der Waals surface area contributed by atoms with E-state index in [0.717, 1.165) is 10.8 Å². The fourth-order valence-electron chi connectivity index (χ4n) is 1.03. The van der Waals surface area contributed by atoms with Gasteiger partial charge in [0.1, 0.15) is 6.20 Å². The quantitative estimate of drug-likeness (QED) is 0.266. The average molecular weight is 241 g/mol. The van der Waals surface area contributed by atoms with Crippen LogP contribution in [0.2, 0.25) is 0 Å². The standard InChI is InChI=1S/C7H11N7O3/c1-9-7(15)12-11-5(8)6-10-3-4(13(6)2)14(16)17/h3H,1-2H3,(H2,8,11)(H2,9,12,15). The lowest BCUT2D eigenvalue weighted by molar-refractivity contribution is -0.391. The third-order valence-electron chi connectivity index (χ3n) is 1.88. The summed E-state index contributed by atoms with van der Waals surface area (Å²) in [6.45, 7) is 0. The van der Waals surface area contributed by atoms with E-state index in [4.69, 9.17) is 5.73 Å². The molecule has 92 valence electrons. The molecule has 0 radical (unpaired) electrons. The summed E-state index contributed by atoms with van der Waals surface area (Å²) >= 11 is 0. The first-order valence-corrected chi connectivity index (χ1v) is 4.44. The normalized spacial score (nSPS) is 11.1. The number of hydrogen-bond donors (Lipinski definition) is 3. The number of amidine groups is 1. The molecular weight excluding hydrogens is 230 g/mol. The van der Waals surface area contributed by atoms with Gasteiger partial charge in [0.25, 0.3) is 5.82 Å². The lowest BCUT2D eigenvalue weighted by Crippen LogP contribution is -2.32. The Morgan fingerprint density at radius 2 is 2.35 bits per heavy atom. The van der Waals surface area contributed by atoms with Crippen LogP contribution in [0.4, 0.5) is 10.6 Å². The molecule has 2 amide bonds. The van der Waals surface area contributed by atoms with Gasteiger partial charge in [-0.1, -0.05) is 0 Å². The summed E-state index contributed by atoms with van der Waals surface area (Å²) in [7, 11) is 2.83. The summed E-state index contributed by atoms with van der Waals surface area (Å²) in [5.41, 5.74) is 7.60. The van der Waals surface area contributed by atoms with E-state index in [2.05, 4.69) is 20.8 Å². The molecule has 0 unspecified atom stereocenters. The van der Waals surface area contributed by atoms with Gasteiger partial charge in [0.2, 0.25) is 5.84 Å². The number of hydrogen-bond acceptors (Lipinski definition) is 5. The maximum Gasteiger partial charge on any atom is 0.343 e. The Morgan fingerprint density at radius 1 is 1.71 bits per heavy atom. The minimum absolute atomic E-state index is 0.0908. The zero-order chi connectivity index (χ0) is 13.0. The molecule has 1 heterocycles. The van der Waals surface area contributed by atoms with Crippen molar-refractivity contribution in [1.29, 1.82) is 0 Å². The van der Waals surface area contributed by atoms with Gasteiger partial charge in [-0.2, -0.15) is 0 Å². The van der Waals surface area contributed by atoms with Gasteiger partial charge in [-0.25, -0.2) is 19.8 Å². The molecular formula is C7H11N7O3. The van der Waals surface area contributed by atoms with E-state index in [1.54, 1.807) is 0 Å². The lowest BCUT2D eigenvalue weighted by Gasteiger charge is -1.99. The number of urea groups is 1. The summed E-state index contributed by atoms with van der Waals surface area (Å²) in [4.78, 5) is 24.5. The molecule has 0 aliphatic heterocycles. The van der Waals surface area contributed by atoms with Crippen molar-refractivity contribution in [3.63, 3.8) is 0 Å². The van der Waals surface area contributed by atoms with E-state index in [9.17, 15) is 14.9 Å². The number of rotatable bonds is 3. The number of imidazole rings is 1. The number of nitrogens with one attached hydrogen (secondary N) is 2. The highest BCUT2D eigenvalue weighted by atomic mass is 16.6. The molecule has 0 aromatic carbocycles. The molecule has 4 N–H and O–H groups in total. The minimum Gasteiger partial charge on any atom is -0.377 e. The predicted molar refractivity (Wildman–Crippen MR) is 58.2 cm³/mol. The van der Waals surface area contributed by atoms with Gasteiger partial charge in [0.15, 0.2) is 0 Å². The van der Waals surface area contributed by atoms with E-state index in [0.29, 0.717) is 0 Å². The molecule has 0 saturated heterocycles. The van der Waals surface area contributed by atoms with E-state index >= 15 is 0 Å². The molecule has 0 aliphatic rings. The van der Waals surface area contributed by atoms with E-state index in [1.165, 1.54) is 14.1 Å². The third kappa shape index (κ3) is 2.68. The number of aromatic nitrogens is 2. The number of amides is 2. The van der Waals surface area contributed by atoms with Gasteiger partial charge in [-0.05, 0) is 4.92 Å². The van der Waals surface area contributed by atoms with Crippen molar-refractivity contribution in [3.8, 4) is 0 Å². The molecule has 1 rings (SSSR count). The number of nitrogens with two attached hydrogens (primary N) is 1. The molecule has 0 spiro atoms. The summed E-state index contributed by atoms with van der Waals surface area (Å²) < 4.78 is 1.16. The Hall–Kier alpha value is -2.65. The van der Waals surface area contributed by atoms with Crippen molar-refractivity contribution in [2.75, 3.05) is 7.05 Å². The Kier molecular flexibility index (Phi) is 3.59. The molecule has 0 atom stereocenters. The van der Waals surface area contributed by atoms with Gasteiger partial charge in [0, 0.05) is 7.05 Å². The van der Waals surface area contributed by atoms with Crippen LogP contribution in [-0.2, 0) is 7.05 Å². The molecule has 0 saturated carbocycles. The van der Waals surface area contributed by atoms with Crippen molar-refractivity contribution in [3.05, 3.63) is 22.1 Å². The molecule has 0 aliphatic carbocycles. The van der Waals surface area contributed by atoms with Gasteiger partial charge >= 0.3 is 11.8 Å². The smallest absolute Gasteiger partial charge is 0.343 e. The second kappa shape index (κ2) is 4.92. The summed E-state index contributed by atoms with van der Waals surface area (Å²) in [6.07, 6.45) is 1.05. The summed E-state index contributed by atoms with van der Waals surface area (Å²) in [5.74, 6) is -0.268. The predicted octanol–water partition coefficient (Wildman–Crippen LogP) is -1.12. The number of hydrazone groups is 1. The molecule has 1 aromatic heterocycles. The number of nitrogens with zero attached hydrogens (tertiary/aromatic N) is 4. The highest BCUT2D eigenvalue weighted by molar-refractivity contribution is 5.95. The van der Waals surface area contributed by atoms with Gasteiger partial charge in [-0.15, -0.1) is 5.10 Å². The van der Waals surface area contributed by atoms with Crippen molar-refractivity contribution >= 4 is 17.7 Å². The Morgan fingerprint density at radius 3 is 2.82 bits per heavy atom. The zero-order valence-corrected chi connectivity index (χ0v) is 9.17. The maximum atomic E-state index is 10.8. The van der Waals surface area contributed by atoms with Crippen LogP contribution in [0.5, 0.6) is 0 Å². The largest absolute Gasteiger partial charge is 0.377 e. The average Bonchev–Trinajstić information content (AvgIpc) is 2.67. The third-order valence-corrected chi connectivity index (χ3v) is 1.88. The van der Waals surface area contributed by atoms with Crippen LogP contribution >= 0.6 is 0 Å². The Balaban J connectivity index is 2.93. The second-order valence-electron chi connectivity index (χ2n) is 2.94. The van der Waals surface area contributed by atoms with Gasteiger partial charge in [-0.3, -0.25) is 0 Å². The number of nitro groups is 1.